The zero-order valence-corrected chi connectivity index (χ0v) is 18.1. The van der Waals surface area contributed by atoms with Gasteiger partial charge in [0, 0.05) is 37.6 Å². The molecule has 1 aromatic carbocycles. The Hall–Kier alpha value is -3.16. The van der Waals surface area contributed by atoms with Crippen molar-refractivity contribution in [2.45, 2.75) is 45.6 Å². The van der Waals surface area contributed by atoms with Crippen molar-refractivity contribution in [1.29, 1.82) is 0 Å². The van der Waals surface area contributed by atoms with Crippen LogP contribution < -0.4 is 9.64 Å². The number of ether oxygens (including phenoxy) is 1. The Morgan fingerprint density at radius 2 is 1.87 bits per heavy atom. The van der Waals surface area contributed by atoms with E-state index in [0.717, 1.165) is 53.9 Å². The number of piperazine rings is 1. The fourth-order valence-corrected chi connectivity index (χ4v) is 4.67. The monoisotopic (exact) mass is 420 g/mol. The molecule has 2 fully saturated rings. The fourth-order valence-electron chi connectivity index (χ4n) is 4.67. The highest BCUT2D eigenvalue weighted by atomic mass is 16.5. The maximum Gasteiger partial charge on any atom is 0.257 e. The Balaban J connectivity index is 1.32. The molecule has 8 nitrogen and oxygen atoms in total. The summed E-state index contributed by atoms with van der Waals surface area (Å²) in [5.41, 5.74) is 4.29. The number of carbonyl (C=O) groups excluding carboxylic acids is 1. The van der Waals surface area contributed by atoms with Crippen molar-refractivity contribution in [3.05, 3.63) is 41.5 Å². The van der Waals surface area contributed by atoms with Crippen LogP contribution in [0.5, 0.6) is 5.88 Å². The van der Waals surface area contributed by atoms with Gasteiger partial charge in [-0.25, -0.2) is 9.97 Å². The molecule has 0 radical (unpaired) electrons. The third-order valence-electron chi connectivity index (χ3n) is 6.44. The molecule has 0 atom stereocenters. The Labute approximate surface area is 181 Å². The number of carbonyl (C=O) groups is 1. The molecule has 1 aliphatic carbocycles. The number of benzene rings is 1. The molecular formula is C23H28N6O2. The predicted octanol–water partition coefficient (Wildman–Crippen LogP) is 3.25. The van der Waals surface area contributed by atoms with Gasteiger partial charge in [-0.1, -0.05) is 0 Å². The van der Waals surface area contributed by atoms with Gasteiger partial charge in [-0.2, -0.15) is 5.10 Å². The van der Waals surface area contributed by atoms with E-state index in [2.05, 4.69) is 37.2 Å². The minimum atomic E-state index is 0.0579. The highest BCUT2D eigenvalue weighted by molar-refractivity contribution is 5.96. The average Bonchev–Trinajstić information content (AvgIpc) is 3.43. The van der Waals surface area contributed by atoms with Gasteiger partial charge in [0.05, 0.1) is 22.2 Å². The van der Waals surface area contributed by atoms with Gasteiger partial charge < -0.3 is 14.5 Å². The van der Waals surface area contributed by atoms with Crippen LogP contribution in [0.1, 0.15) is 47.4 Å². The Morgan fingerprint density at radius 3 is 2.58 bits per heavy atom. The molecule has 1 saturated heterocycles. The lowest BCUT2D eigenvalue weighted by atomic mass is 10.1. The highest BCUT2D eigenvalue weighted by Gasteiger charge is 2.26. The molecule has 2 aromatic heterocycles. The van der Waals surface area contributed by atoms with Crippen LogP contribution in [0.15, 0.2) is 24.5 Å². The maximum absolute atomic E-state index is 12.9. The van der Waals surface area contributed by atoms with Crippen molar-refractivity contribution in [2.24, 2.45) is 0 Å². The summed E-state index contributed by atoms with van der Waals surface area (Å²) in [5.74, 6) is 0.737. The summed E-state index contributed by atoms with van der Waals surface area (Å²) in [6.07, 6.45) is 6.47. The van der Waals surface area contributed by atoms with Crippen molar-refractivity contribution < 1.29 is 9.53 Å². The van der Waals surface area contributed by atoms with E-state index in [-0.39, 0.29) is 12.0 Å². The van der Waals surface area contributed by atoms with Crippen LogP contribution in [0.3, 0.4) is 0 Å². The summed E-state index contributed by atoms with van der Waals surface area (Å²) in [4.78, 5) is 26.0. The first-order valence-corrected chi connectivity index (χ1v) is 11.1. The van der Waals surface area contributed by atoms with E-state index in [1.807, 2.05) is 24.8 Å². The second-order valence-corrected chi connectivity index (χ2v) is 8.49. The third kappa shape index (κ3) is 3.82. The largest absolute Gasteiger partial charge is 0.474 e. The molecule has 1 aliphatic heterocycles. The zero-order valence-electron chi connectivity index (χ0n) is 18.1. The SMILES string of the molecule is Cc1n[nH]c(C)c1C(=O)N1CCN(c2ccc3ncnc(OC4CCCC4)c3c2)CC1. The first-order valence-electron chi connectivity index (χ1n) is 11.1. The van der Waals surface area contributed by atoms with E-state index >= 15 is 0 Å². The molecule has 0 spiro atoms. The summed E-state index contributed by atoms with van der Waals surface area (Å²) >= 11 is 0. The van der Waals surface area contributed by atoms with Crippen LogP contribution in [-0.2, 0) is 0 Å². The number of rotatable bonds is 4. The predicted molar refractivity (Wildman–Crippen MR) is 119 cm³/mol. The molecule has 31 heavy (non-hydrogen) atoms. The second kappa shape index (κ2) is 8.17. The summed E-state index contributed by atoms with van der Waals surface area (Å²) in [7, 11) is 0. The smallest absolute Gasteiger partial charge is 0.257 e. The maximum atomic E-state index is 12.9. The number of anilines is 1. The van der Waals surface area contributed by atoms with E-state index < -0.39 is 0 Å². The van der Waals surface area contributed by atoms with Crippen LogP contribution in [-0.4, -0.2) is 63.3 Å². The standard InChI is InChI=1S/C23H28N6O2/c1-15-21(16(2)27-26-15)23(30)29-11-9-28(10-12-29)17-7-8-20-19(13-17)22(25-14-24-20)31-18-5-3-4-6-18/h7-8,13-14,18H,3-6,9-12H2,1-2H3,(H,26,27). The normalized spacial score (nSPS) is 17.5. The number of aryl methyl sites for hydroxylation is 2. The molecule has 162 valence electrons. The Bertz CT molecular complexity index is 1080. The minimum absolute atomic E-state index is 0.0579. The minimum Gasteiger partial charge on any atom is -0.474 e. The van der Waals surface area contributed by atoms with Crippen molar-refractivity contribution >= 4 is 22.5 Å². The van der Waals surface area contributed by atoms with Gasteiger partial charge in [-0.15, -0.1) is 0 Å². The van der Waals surface area contributed by atoms with Gasteiger partial charge in [0.2, 0.25) is 5.88 Å². The molecular weight excluding hydrogens is 392 g/mol. The van der Waals surface area contributed by atoms with Crippen LogP contribution in [0.25, 0.3) is 10.9 Å². The van der Waals surface area contributed by atoms with Crippen LogP contribution >= 0.6 is 0 Å². The van der Waals surface area contributed by atoms with Gasteiger partial charge in [-0.3, -0.25) is 9.89 Å². The number of aromatic amines is 1. The number of hydrogen-bond donors (Lipinski definition) is 1. The summed E-state index contributed by atoms with van der Waals surface area (Å²) < 4.78 is 6.21. The molecule has 3 aromatic rings. The molecule has 2 aliphatic rings. The second-order valence-electron chi connectivity index (χ2n) is 8.49. The third-order valence-corrected chi connectivity index (χ3v) is 6.44. The van der Waals surface area contributed by atoms with E-state index in [4.69, 9.17) is 4.74 Å². The van der Waals surface area contributed by atoms with Crippen molar-refractivity contribution in [1.82, 2.24) is 25.1 Å². The van der Waals surface area contributed by atoms with Gasteiger partial charge >= 0.3 is 0 Å². The zero-order chi connectivity index (χ0) is 21.4. The lowest BCUT2D eigenvalue weighted by Gasteiger charge is -2.36. The molecule has 0 bridgehead atoms. The number of amides is 1. The molecule has 0 unspecified atom stereocenters. The first-order chi connectivity index (χ1) is 15.1. The van der Waals surface area contributed by atoms with Crippen LogP contribution in [0.2, 0.25) is 0 Å². The van der Waals surface area contributed by atoms with Gasteiger partial charge in [-0.05, 0) is 57.7 Å². The van der Waals surface area contributed by atoms with Crippen molar-refractivity contribution in [3.63, 3.8) is 0 Å². The number of hydrogen-bond acceptors (Lipinski definition) is 6. The summed E-state index contributed by atoms with van der Waals surface area (Å²) in [6, 6.07) is 6.25. The van der Waals surface area contributed by atoms with Crippen molar-refractivity contribution in [2.75, 3.05) is 31.1 Å². The van der Waals surface area contributed by atoms with Gasteiger partial charge in [0.1, 0.15) is 12.4 Å². The molecule has 8 heteroatoms. The van der Waals surface area contributed by atoms with Gasteiger partial charge in [0.15, 0.2) is 0 Å². The summed E-state index contributed by atoms with van der Waals surface area (Å²) in [5, 5.41) is 8.02. The van der Waals surface area contributed by atoms with Crippen LogP contribution in [0, 0.1) is 13.8 Å². The number of nitrogens with zero attached hydrogens (tertiary/aromatic N) is 5. The Kier molecular flexibility index (Phi) is 5.21. The number of aromatic nitrogens is 4. The number of fused-ring (bicyclic) bond motifs is 1. The van der Waals surface area contributed by atoms with E-state index in [9.17, 15) is 4.79 Å². The first kappa shape index (κ1) is 19.8. The number of nitrogens with one attached hydrogen (secondary N) is 1. The fraction of sp³-hybridized carbons (Fsp3) is 0.478. The highest BCUT2D eigenvalue weighted by Crippen LogP contribution is 2.30. The van der Waals surface area contributed by atoms with Crippen LogP contribution in [0.4, 0.5) is 5.69 Å². The topological polar surface area (TPSA) is 87.2 Å². The Morgan fingerprint density at radius 1 is 1.10 bits per heavy atom. The van der Waals surface area contributed by atoms with Gasteiger partial charge in [0.25, 0.3) is 5.91 Å². The summed E-state index contributed by atoms with van der Waals surface area (Å²) in [6.45, 7) is 6.68. The molecule has 5 rings (SSSR count). The molecule has 1 N–H and O–H groups in total. The molecule has 3 heterocycles. The van der Waals surface area contributed by atoms with Crippen molar-refractivity contribution in [3.8, 4) is 5.88 Å². The van der Waals surface area contributed by atoms with E-state index in [1.54, 1.807) is 6.33 Å². The van der Waals surface area contributed by atoms with E-state index in [1.165, 1.54) is 12.8 Å². The quantitative estimate of drug-likeness (QED) is 0.697. The average molecular weight is 421 g/mol. The lowest BCUT2D eigenvalue weighted by molar-refractivity contribution is 0.0745. The molecule has 1 saturated carbocycles. The molecule has 1 amide bonds. The lowest BCUT2D eigenvalue weighted by Crippen LogP contribution is -2.49. The number of H-pyrrole nitrogens is 1. The van der Waals surface area contributed by atoms with E-state index in [0.29, 0.717) is 24.5 Å².